The van der Waals surface area contributed by atoms with Crippen LogP contribution in [0.3, 0.4) is 0 Å². The number of rotatable bonds is 3. The molecule has 1 aliphatic heterocycles. The van der Waals surface area contributed by atoms with Crippen molar-refractivity contribution in [2.75, 3.05) is 16.4 Å². The minimum Gasteiger partial charge on any atom is -0.397 e. The first-order valence-corrected chi connectivity index (χ1v) is 8.58. The highest BCUT2D eigenvalue weighted by Crippen LogP contribution is 2.31. The first kappa shape index (κ1) is 16.6. The summed E-state index contributed by atoms with van der Waals surface area (Å²) >= 11 is 0. The summed E-state index contributed by atoms with van der Waals surface area (Å²) in [7, 11) is 0. The summed E-state index contributed by atoms with van der Waals surface area (Å²) in [5, 5.41) is 6.32. The van der Waals surface area contributed by atoms with Crippen molar-refractivity contribution in [3.63, 3.8) is 0 Å². The molecule has 0 spiro atoms. The number of carbonyl (C=O) groups is 1. The van der Waals surface area contributed by atoms with Crippen LogP contribution in [0, 0.1) is 0 Å². The average Bonchev–Trinajstić information content (AvgIpc) is 2.84. The van der Waals surface area contributed by atoms with Gasteiger partial charge in [-0.25, -0.2) is 0 Å². The Morgan fingerprint density at radius 1 is 0.778 bits per heavy atom. The van der Waals surface area contributed by atoms with Crippen molar-refractivity contribution in [2.45, 2.75) is 0 Å². The van der Waals surface area contributed by atoms with Crippen molar-refractivity contribution < 1.29 is 4.79 Å². The number of amides is 1. The molecule has 1 heterocycles. The fraction of sp³-hybridized carbons (Fsp3) is 0. The maximum Gasteiger partial charge on any atom is 0.259 e. The normalized spacial score (nSPS) is 13.7. The predicted molar refractivity (Wildman–Crippen MR) is 111 cm³/mol. The Kier molecular flexibility index (Phi) is 4.41. The number of nitrogens with zero attached hydrogens (tertiary/aromatic N) is 1. The molecule has 4 N–H and O–H groups in total. The fourth-order valence-electron chi connectivity index (χ4n) is 2.90. The number of nitrogen functional groups attached to an aromatic ring is 1. The van der Waals surface area contributed by atoms with Gasteiger partial charge in [0.25, 0.3) is 5.91 Å². The maximum atomic E-state index is 12.9. The van der Waals surface area contributed by atoms with Gasteiger partial charge in [-0.1, -0.05) is 54.6 Å². The number of aliphatic imine (C=N–C) groups is 1. The van der Waals surface area contributed by atoms with Crippen LogP contribution in [0.15, 0.2) is 89.4 Å². The Morgan fingerprint density at radius 2 is 1.41 bits per heavy atom. The molecular weight excluding hydrogens is 336 g/mol. The number of para-hydroxylation sites is 4. The number of carbonyl (C=O) groups excluding carboxylic acids is 1. The van der Waals surface area contributed by atoms with Crippen LogP contribution in [0.4, 0.5) is 22.7 Å². The van der Waals surface area contributed by atoms with Gasteiger partial charge < -0.3 is 16.4 Å². The van der Waals surface area contributed by atoms with Gasteiger partial charge in [-0.3, -0.25) is 9.79 Å². The zero-order valence-corrected chi connectivity index (χ0v) is 14.5. The molecule has 0 unspecified atom stereocenters. The van der Waals surface area contributed by atoms with Gasteiger partial charge in [0, 0.05) is 6.21 Å². The van der Waals surface area contributed by atoms with Crippen LogP contribution in [0.1, 0.15) is 5.56 Å². The Hall–Kier alpha value is -3.86. The van der Waals surface area contributed by atoms with Crippen LogP contribution in [0.2, 0.25) is 0 Å². The fourth-order valence-corrected chi connectivity index (χ4v) is 2.90. The highest BCUT2D eigenvalue weighted by Gasteiger charge is 2.21. The second kappa shape index (κ2) is 7.17. The number of nitrogens with two attached hydrogens (primary N) is 1. The molecule has 0 radical (unpaired) electrons. The van der Waals surface area contributed by atoms with Gasteiger partial charge in [0.2, 0.25) is 0 Å². The van der Waals surface area contributed by atoms with Crippen molar-refractivity contribution in [2.24, 2.45) is 4.99 Å². The molecule has 0 bridgehead atoms. The number of hydrogen-bond donors (Lipinski definition) is 3. The van der Waals surface area contributed by atoms with E-state index in [1.54, 1.807) is 12.3 Å². The minimum absolute atomic E-state index is 0.232. The summed E-state index contributed by atoms with van der Waals surface area (Å²) in [6.45, 7) is 0. The molecule has 0 aliphatic carbocycles. The zero-order valence-electron chi connectivity index (χ0n) is 14.5. The largest absolute Gasteiger partial charge is 0.397 e. The van der Waals surface area contributed by atoms with E-state index < -0.39 is 0 Å². The van der Waals surface area contributed by atoms with Gasteiger partial charge in [0.1, 0.15) is 0 Å². The summed E-state index contributed by atoms with van der Waals surface area (Å²) in [5.74, 6) is -0.232. The molecule has 0 aromatic heterocycles. The lowest BCUT2D eigenvalue weighted by Crippen LogP contribution is -2.15. The Bertz CT molecular complexity index is 1050. The van der Waals surface area contributed by atoms with Crippen LogP contribution >= 0.6 is 0 Å². The van der Waals surface area contributed by atoms with Crippen molar-refractivity contribution >= 4 is 40.6 Å². The van der Waals surface area contributed by atoms with Gasteiger partial charge in [-0.05, 0) is 29.8 Å². The number of hydrogen-bond acceptors (Lipinski definition) is 4. The summed E-state index contributed by atoms with van der Waals surface area (Å²) in [4.78, 5) is 17.4. The quantitative estimate of drug-likeness (QED) is 0.480. The Balaban J connectivity index is 1.84. The van der Waals surface area contributed by atoms with Crippen LogP contribution in [0.25, 0.3) is 5.70 Å². The third kappa shape index (κ3) is 3.43. The van der Waals surface area contributed by atoms with Gasteiger partial charge in [-0.15, -0.1) is 0 Å². The SMILES string of the molecule is Nc1ccccc1N=CC1=C(c2ccccc2)Nc2ccccc2NC1=O. The minimum atomic E-state index is -0.232. The highest BCUT2D eigenvalue weighted by molar-refractivity contribution is 6.26. The molecule has 1 aliphatic rings. The summed E-state index contributed by atoms with van der Waals surface area (Å²) in [6.07, 6.45) is 1.56. The Morgan fingerprint density at radius 3 is 2.15 bits per heavy atom. The van der Waals surface area contributed by atoms with Gasteiger partial charge in [0.15, 0.2) is 0 Å². The van der Waals surface area contributed by atoms with E-state index >= 15 is 0 Å². The molecule has 4 rings (SSSR count). The van der Waals surface area contributed by atoms with E-state index in [0.717, 1.165) is 16.9 Å². The van der Waals surface area contributed by atoms with Crippen molar-refractivity contribution in [3.8, 4) is 0 Å². The van der Waals surface area contributed by atoms with Crippen molar-refractivity contribution in [3.05, 3.63) is 90.0 Å². The summed E-state index contributed by atoms with van der Waals surface area (Å²) in [5.41, 5.74) is 10.7. The van der Waals surface area contributed by atoms with E-state index in [-0.39, 0.29) is 5.91 Å². The van der Waals surface area contributed by atoms with Gasteiger partial charge >= 0.3 is 0 Å². The highest BCUT2D eigenvalue weighted by atomic mass is 16.1. The molecule has 1 amide bonds. The topological polar surface area (TPSA) is 79.5 Å². The molecule has 0 fully saturated rings. The predicted octanol–water partition coefficient (Wildman–Crippen LogP) is 4.45. The first-order valence-electron chi connectivity index (χ1n) is 8.58. The van der Waals surface area contributed by atoms with E-state index in [4.69, 9.17) is 5.73 Å². The lowest BCUT2D eigenvalue weighted by molar-refractivity contribution is -0.112. The molecule has 132 valence electrons. The third-order valence-electron chi connectivity index (χ3n) is 4.28. The van der Waals surface area contributed by atoms with Crippen LogP contribution in [0.5, 0.6) is 0 Å². The smallest absolute Gasteiger partial charge is 0.259 e. The number of anilines is 3. The molecule has 3 aromatic carbocycles. The molecule has 27 heavy (non-hydrogen) atoms. The monoisotopic (exact) mass is 354 g/mol. The second-order valence-corrected chi connectivity index (χ2v) is 6.10. The van der Waals surface area contributed by atoms with Gasteiger partial charge in [-0.2, -0.15) is 0 Å². The standard InChI is InChI=1S/C22H18N4O/c23-17-10-4-5-11-18(17)24-14-16-21(15-8-2-1-3-9-15)25-19-12-6-7-13-20(19)26-22(16)27/h1-14,25H,23H2,(H,26,27). The maximum absolute atomic E-state index is 12.9. The van der Waals surface area contributed by atoms with Crippen molar-refractivity contribution in [1.82, 2.24) is 0 Å². The summed E-state index contributed by atoms with van der Waals surface area (Å²) < 4.78 is 0. The number of nitrogens with one attached hydrogen (secondary N) is 2. The summed E-state index contributed by atoms with van der Waals surface area (Å²) in [6, 6.07) is 24.6. The third-order valence-corrected chi connectivity index (χ3v) is 4.28. The van der Waals surface area contributed by atoms with E-state index in [0.29, 0.717) is 22.6 Å². The van der Waals surface area contributed by atoms with Gasteiger partial charge in [0.05, 0.1) is 34.0 Å². The van der Waals surface area contributed by atoms with Crippen LogP contribution in [-0.2, 0) is 4.79 Å². The zero-order chi connectivity index (χ0) is 18.6. The number of fused-ring (bicyclic) bond motifs is 1. The van der Waals surface area contributed by atoms with Crippen LogP contribution in [-0.4, -0.2) is 12.1 Å². The molecule has 0 saturated heterocycles. The lowest BCUT2D eigenvalue weighted by atomic mass is 10.1. The Labute approximate surface area is 157 Å². The average molecular weight is 354 g/mol. The first-order chi connectivity index (χ1) is 13.2. The van der Waals surface area contributed by atoms with E-state index in [1.807, 2.05) is 72.8 Å². The molecule has 0 atom stereocenters. The molecule has 5 nitrogen and oxygen atoms in total. The van der Waals surface area contributed by atoms with E-state index in [9.17, 15) is 4.79 Å². The van der Waals surface area contributed by atoms with E-state index in [2.05, 4.69) is 15.6 Å². The van der Waals surface area contributed by atoms with Crippen molar-refractivity contribution in [1.29, 1.82) is 0 Å². The second-order valence-electron chi connectivity index (χ2n) is 6.10. The molecule has 0 saturated carbocycles. The van der Waals surface area contributed by atoms with Crippen LogP contribution < -0.4 is 16.4 Å². The lowest BCUT2D eigenvalue weighted by Gasteiger charge is -2.12. The van der Waals surface area contributed by atoms with E-state index in [1.165, 1.54) is 0 Å². The molecule has 3 aromatic rings. The molecular formula is C22H18N4O. The molecule has 5 heteroatoms. The number of benzene rings is 3.